The summed E-state index contributed by atoms with van der Waals surface area (Å²) in [6.07, 6.45) is 1.20. The van der Waals surface area contributed by atoms with Crippen LogP contribution in [0.2, 0.25) is 10.0 Å². The molecule has 0 saturated heterocycles. The van der Waals surface area contributed by atoms with Gasteiger partial charge >= 0.3 is 12.0 Å². The number of nitrogens with zero attached hydrogens (tertiary/aromatic N) is 1. The van der Waals surface area contributed by atoms with Gasteiger partial charge in [-0.3, -0.25) is 9.59 Å². The normalized spacial score (nSPS) is 12.8. The van der Waals surface area contributed by atoms with Crippen LogP contribution in [0, 0.1) is 0 Å². The first-order valence-corrected chi connectivity index (χ1v) is 10.9. The monoisotopic (exact) mass is 503 g/mol. The lowest BCUT2D eigenvalue weighted by molar-refractivity contribution is -0.137. The van der Waals surface area contributed by atoms with Crippen LogP contribution < -0.4 is 25.7 Å². The van der Waals surface area contributed by atoms with Crippen LogP contribution in [-0.4, -0.2) is 28.5 Å². The number of fused-ring (bicyclic) bond motifs is 1. The van der Waals surface area contributed by atoms with Crippen LogP contribution in [0.3, 0.4) is 0 Å². The number of amides is 2. The highest BCUT2D eigenvalue weighted by atomic mass is 35.5. The third-order valence-corrected chi connectivity index (χ3v) is 5.46. The third kappa shape index (κ3) is 5.62. The molecule has 0 saturated carbocycles. The minimum absolute atomic E-state index is 0.0212. The number of pyridine rings is 1. The van der Waals surface area contributed by atoms with Crippen LogP contribution in [0.4, 0.5) is 10.5 Å². The molecular formula is C23H19Cl2N3O6. The number of ether oxygens (including phenoxy) is 2. The van der Waals surface area contributed by atoms with Crippen LogP contribution in [0.1, 0.15) is 23.6 Å². The van der Waals surface area contributed by atoms with Gasteiger partial charge in [-0.05, 0) is 53.6 Å². The predicted molar refractivity (Wildman–Crippen MR) is 126 cm³/mol. The van der Waals surface area contributed by atoms with Crippen LogP contribution in [0.5, 0.6) is 11.5 Å². The molecule has 9 nitrogen and oxygen atoms in total. The number of hydrogen-bond acceptors (Lipinski definition) is 5. The number of aromatic nitrogens is 1. The Balaban J connectivity index is 1.50. The molecule has 0 aliphatic carbocycles. The first-order chi connectivity index (χ1) is 16.3. The van der Waals surface area contributed by atoms with E-state index in [1.165, 1.54) is 10.6 Å². The summed E-state index contributed by atoms with van der Waals surface area (Å²) in [4.78, 5) is 36.9. The van der Waals surface area contributed by atoms with Gasteiger partial charge in [-0.2, -0.15) is 0 Å². The third-order valence-electron chi connectivity index (χ3n) is 5.03. The lowest BCUT2D eigenvalue weighted by atomic mass is 10.0. The molecule has 1 atom stereocenters. The van der Waals surface area contributed by atoms with Crippen molar-refractivity contribution in [3.05, 3.63) is 86.3 Å². The Morgan fingerprint density at radius 3 is 2.53 bits per heavy atom. The molecule has 1 aliphatic rings. The van der Waals surface area contributed by atoms with Gasteiger partial charge in [0.05, 0.1) is 19.0 Å². The van der Waals surface area contributed by atoms with Crippen molar-refractivity contribution in [2.75, 3.05) is 12.1 Å². The van der Waals surface area contributed by atoms with E-state index in [0.717, 1.165) is 0 Å². The van der Waals surface area contributed by atoms with Gasteiger partial charge in [0.25, 0.3) is 5.56 Å². The smallest absolute Gasteiger partial charge is 0.319 e. The summed E-state index contributed by atoms with van der Waals surface area (Å²) in [5.74, 6) is -0.111. The number of carbonyl (C=O) groups excluding carboxylic acids is 1. The molecule has 4 rings (SSSR count). The van der Waals surface area contributed by atoms with E-state index >= 15 is 0 Å². The molecular weight excluding hydrogens is 485 g/mol. The number of hydrogen-bond donors (Lipinski definition) is 3. The zero-order chi connectivity index (χ0) is 24.2. The number of rotatable bonds is 7. The highest BCUT2D eigenvalue weighted by Crippen LogP contribution is 2.34. The van der Waals surface area contributed by atoms with Gasteiger partial charge in [0.1, 0.15) is 5.69 Å². The minimum atomic E-state index is -1.11. The molecule has 11 heteroatoms. The second kappa shape index (κ2) is 10.1. The maximum absolute atomic E-state index is 12.9. The predicted octanol–water partition coefficient (Wildman–Crippen LogP) is 4.27. The van der Waals surface area contributed by atoms with Crippen LogP contribution >= 0.6 is 23.2 Å². The molecule has 1 aliphatic heterocycles. The SMILES string of the molecule is O=C(O)C[C@H](NC(=O)Nc1cccn(Cc2cc(Cl)cc(Cl)c2)c1=O)c1ccc2c(c1)OCO2. The molecule has 2 amide bonds. The summed E-state index contributed by atoms with van der Waals surface area (Å²) in [6, 6.07) is 11.3. The molecule has 2 aromatic carbocycles. The Bertz CT molecular complexity index is 1290. The summed E-state index contributed by atoms with van der Waals surface area (Å²) in [6.45, 7) is 0.257. The first kappa shape index (κ1) is 23.5. The van der Waals surface area contributed by atoms with Crippen molar-refractivity contribution in [2.45, 2.75) is 19.0 Å². The Hall–Kier alpha value is -3.69. The number of carboxylic acid groups (broad SMARTS) is 1. The van der Waals surface area contributed by atoms with Gasteiger partial charge in [-0.15, -0.1) is 0 Å². The van der Waals surface area contributed by atoms with Crippen molar-refractivity contribution in [3.63, 3.8) is 0 Å². The average molecular weight is 504 g/mol. The summed E-state index contributed by atoms with van der Waals surface area (Å²) in [5, 5.41) is 15.3. The molecule has 2 heterocycles. The van der Waals surface area contributed by atoms with Crippen molar-refractivity contribution < 1.29 is 24.2 Å². The van der Waals surface area contributed by atoms with Crippen molar-refractivity contribution in [2.24, 2.45) is 0 Å². The summed E-state index contributed by atoms with van der Waals surface area (Å²) in [5.41, 5.74) is 0.801. The standard InChI is InChI=1S/C23H19Cl2N3O6/c24-15-6-13(7-16(25)9-15)11-28-5-1-2-17(22(28)31)26-23(32)27-18(10-21(29)30)14-3-4-19-20(8-14)34-12-33-19/h1-9,18H,10-12H2,(H,29,30)(H2,26,27,32)/t18-/m0/s1. The average Bonchev–Trinajstić information content (AvgIpc) is 3.23. The Morgan fingerprint density at radius 1 is 1.06 bits per heavy atom. The van der Waals surface area contributed by atoms with Gasteiger partial charge < -0.3 is 29.8 Å². The number of carboxylic acids is 1. The maximum Gasteiger partial charge on any atom is 0.319 e. The van der Waals surface area contributed by atoms with E-state index in [1.807, 2.05) is 0 Å². The van der Waals surface area contributed by atoms with Gasteiger partial charge in [0.15, 0.2) is 11.5 Å². The summed E-state index contributed by atoms with van der Waals surface area (Å²) in [7, 11) is 0. The Labute approximate surface area is 203 Å². The molecule has 1 aromatic heterocycles. The molecule has 3 N–H and O–H groups in total. The number of urea groups is 1. The zero-order valence-electron chi connectivity index (χ0n) is 17.6. The van der Waals surface area contributed by atoms with E-state index in [-0.39, 0.29) is 25.4 Å². The first-order valence-electron chi connectivity index (χ1n) is 10.1. The second-order valence-corrected chi connectivity index (χ2v) is 8.37. The van der Waals surface area contributed by atoms with E-state index < -0.39 is 23.6 Å². The number of halogens is 2. The van der Waals surface area contributed by atoms with E-state index in [0.29, 0.717) is 32.7 Å². The van der Waals surface area contributed by atoms with E-state index in [4.69, 9.17) is 32.7 Å². The summed E-state index contributed by atoms with van der Waals surface area (Å²) >= 11 is 12.1. The number of aliphatic carboxylic acids is 1. The fourth-order valence-corrected chi connectivity index (χ4v) is 4.10. The van der Waals surface area contributed by atoms with Crippen molar-refractivity contribution in [1.29, 1.82) is 0 Å². The quantitative estimate of drug-likeness (QED) is 0.442. The molecule has 0 unspecified atom stereocenters. The highest BCUT2D eigenvalue weighted by Gasteiger charge is 2.22. The largest absolute Gasteiger partial charge is 0.481 e. The maximum atomic E-state index is 12.9. The van der Waals surface area contributed by atoms with Crippen LogP contribution in [0.15, 0.2) is 59.5 Å². The zero-order valence-corrected chi connectivity index (χ0v) is 19.1. The molecule has 3 aromatic rings. The van der Waals surface area contributed by atoms with Gasteiger partial charge in [0.2, 0.25) is 6.79 Å². The molecule has 0 bridgehead atoms. The number of nitrogens with one attached hydrogen (secondary N) is 2. The molecule has 0 radical (unpaired) electrons. The van der Waals surface area contributed by atoms with Crippen molar-refractivity contribution >= 4 is 40.9 Å². The van der Waals surface area contributed by atoms with Crippen molar-refractivity contribution in [1.82, 2.24) is 9.88 Å². The van der Waals surface area contributed by atoms with Gasteiger partial charge in [-0.1, -0.05) is 29.3 Å². The summed E-state index contributed by atoms with van der Waals surface area (Å²) < 4.78 is 12.0. The molecule has 176 valence electrons. The molecule has 0 fully saturated rings. The molecule has 0 spiro atoms. The number of carbonyl (C=O) groups is 2. The lowest BCUT2D eigenvalue weighted by Crippen LogP contribution is -2.36. The lowest BCUT2D eigenvalue weighted by Gasteiger charge is -2.18. The number of anilines is 1. The Morgan fingerprint density at radius 2 is 1.79 bits per heavy atom. The highest BCUT2D eigenvalue weighted by molar-refractivity contribution is 6.34. The second-order valence-electron chi connectivity index (χ2n) is 7.49. The van der Waals surface area contributed by atoms with E-state index in [1.54, 1.807) is 48.7 Å². The van der Waals surface area contributed by atoms with Crippen LogP contribution in [-0.2, 0) is 11.3 Å². The van der Waals surface area contributed by atoms with Crippen molar-refractivity contribution in [3.8, 4) is 11.5 Å². The molecule has 34 heavy (non-hydrogen) atoms. The fourth-order valence-electron chi connectivity index (χ4n) is 3.53. The Kier molecular flexibility index (Phi) is 6.95. The van der Waals surface area contributed by atoms with E-state index in [9.17, 15) is 19.5 Å². The fraction of sp³-hybridized carbons (Fsp3) is 0.174. The van der Waals surface area contributed by atoms with E-state index in [2.05, 4.69) is 10.6 Å². The van der Waals surface area contributed by atoms with Gasteiger partial charge in [0, 0.05) is 16.2 Å². The topological polar surface area (TPSA) is 119 Å². The number of benzene rings is 2. The van der Waals surface area contributed by atoms with Crippen LogP contribution in [0.25, 0.3) is 0 Å². The van der Waals surface area contributed by atoms with Gasteiger partial charge in [-0.25, -0.2) is 4.79 Å². The minimum Gasteiger partial charge on any atom is -0.481 e.